The molecule has 0 bridgehead atoms. The number of hydrogen-bond acceptors (Lipinski definition) is 4. The van der Waals surface area contributed by atoms with Crippen LogP contribution in [-0.4, -0.2) is 20.7 Å². The van der Waals surface area contributed by atoms with Crippen LogP contribution in [0, 0.1) is 13.8 Å². The highest BCUT2D eigenvalue weighted by Crippen LogP contribution is 2.24. The Balaban J connectivity index is 1.91. The van der Waals surface area contributed by atoms with Crippen LogP contribution in [0.25, 0.3) is 0 Å². The molecule has 1 atom stereocenters. The van der Waals surface area contributed by atoms with Crippen molar-refractivity contribution in [2.24, 2.45) is 0 Å². The lowest BCUT2D eigenvalue weighted by Crippen LogP contribution is -2.27. The Kier molecular flexibility index (Phi) is 4.02. The van der Waals surface area contributed by atoms with Crippen molar-refractivity contribution in [2.75, 3.05) is 5.32 Å². The number of nitrogens with zero attached hydrogens (tertiary/aromatic N) is 3. The molecule has 2 heterocycles. The predicted molar refractivity (Wildman–Crippen MR) is 87.0 cm³/mol. The predicted octanol–water partition coefficient (Wildman–Crippen LogP) is 3.18. The van der Waals surface area contributed by atoms with Crippen LogP contribution in [0.3, 0.4) is 0 Å². The summed E-state index contributed by atoms with van der Waals surface area (Å²) in [5.41, 5.74) is 1.82. The molecule has 0 aliphatic heterocycles. The number of carbonyl (C=O) groups excluding carboxylic acids is 1. The van der Waals surface area contributed by atoms with Crippen molar-refractivity contribution < 1.29 is 4.79 Å². The molecule has 1 N–H and O–H groups in total. The highest BCUT2D eigenvalue weighted by Gasteiger charge is 2.23. The first-order valence-electron chi connectivity index (χ1n) is 6.94. The van der Waals surface area contributed by atoms with Gasteiger partial charge in [-0.1, -0.05) is 30.3 Å². The SMILES string of the molecule is Cc1nc(NC(=O)[C@@H](c2ccccc2)n2cccn2)sc1C. The van der Waals surface area contributed by atoms with Gasteiger partial charge in [0.05, 0.1) is 5.69 Å². The minimum Gasteiger partial charge on any atom is -0.300 e. The molecule has 2 aromatic heterocycles. The minimum atomic E-state index is -0.513. The molecule has 6 heteroatoms. The van der Waals surface area contributed by atoms with Crippen molar-refractivity contribution in [1.82, 2.24) is 14.8 Å². The van der Waals surface area contributed by atoms with Gasteiger partial charge in [0.2, 0.25) is 0 Å². The van der Waals surface area contributed by atoms with E-state index in [2.05, 4.69) is 15.4 Å². The lowest BCUT2D eigenvalue weighted by atomic mass is 10.1. The average Bonchev–Trinajstić information content (AvgIpc) is 3.12. The molecule has 0 saturated heterocycles. The Morgan fingerprint density at radius 3 is 2.59 bits per heavy atom. The first-order chi connectivity index (χ1) is 10.6. The monoisotopic (exact) mass is 312 g/mol. The van der Waals surface area contributed by atoms with E-state index in [0.717, 1.165) is 16.1 Å². The second-order valence-electron chi connectivity index (χ2n) is 4.95. The zero-order chi connectivity index (χ0) is 15.5. The third-order valence-electron chi connectivity index (χ3n) is 3.41. The number of thiazole rings is 1. The molecule has 0 radical (unpaired) electrons. The molecule has 1 amide bonds. The molecular formula is C16H16N4OS. The minimum absolute atomic E-state index is 0.149. The van der Waals surface area contributed by atoms with Gasteiger partial charge in [0.1, 0.15) is 0 Å². The van der Waals surface area contributed by atoms with Gasteiger partial charge in [0, 0.05) is 17.3 Å². The topological polar surface area (TPSA) is 59.8 Å². The van der Waals surface area contributed by atoms with E-state index in [-0.39, 0.29) is 5.91 Å². The fraction of sp³-hybridized carbons (Fsp3) is 0.188. The molecule has 0 aliphatic carbocycles. The molecule has 112 valence electrons. The van der Waals surface area contributed by atoms with Gasteiger partial charge in [-0.2, -0.15) is 5.10 Å². The quantitative estimate of drug-likeness (QED) is 0.805. The van der Waals surface area contributed by atoms with Crippen molar-refractivity contribution in [3.05, 3.63) is 64.9 Å². The van der Waals surface area contributed by atoms with Crippen LogP contribution >= 0.6 is 11.3 Å². The molecule has 0 saturated carbocycles. The number of nitrogens with one attached hydrogen (secondary N) is 1. The lowest BCUT2D eigenvalue weighted by Gasteiger charge is -2.16. The standard InChI is InChI=1S/C16H16N4OS/c1-11-12(2)22-16(18-11)19-15(21)14(20-10-6-9-17-20)13-7-4-3-5-8-13/h3-10,14H,1-2H3,(H,18,19,21)/t14-/m1/s1. The van der Waals surface area contributed by atoms with Crippen molar-refractivity contribution >= 4 is 22.4 Å². The number of carbonyl (C=O) groups is 1. The molecule has 0 fully saturated rings. The van der Waals surface area contributed by atoms with E-state index in [4.69, 9.17) is 0 Å². The number of aromatic nitrogens is 3. The van der Waals surface area contributed by atoms with E-state index in [1.54, 1.807) is 23.1 Å². The Morgan fingerprint density at radius 2 is 2.00 bits per heavy atom. The van der Waals surface area contributed by atoms with E-state index in [1.807, 2.05) is 44.2 Å². The van der Waals surface area contributed by atoms with Gasteiger partial charge in [-0.25, -0.2) is 4.98 Å². The van der Waals surface area contributed by atoms with E-state index in [1.165, 1.54) is 11.3 Å². The zero-order valence-corrected chi connectivity index (χ0v) is 13.2. The van der Waals surface area contributed by atoms with Crippen LogP contribution < -0.4 is 5.32 Å². The number of rotatable bonds is 4. The Bertz CT molecular complexity index is 745. The lowest BCUT2D eigenvalue weighted by molar-refractivity contribution is -0.118. The van der Waals surface area contributed by atoms with Crippen molar-refractivity contribution in [1.29, 1.82) is 0 Å². The molecule has 22 heavy (non-hydrogen) atoms. The smallest absolute Gasteiger partial charge is 0.255 e. The maximum Gasteiger partial charge on any atom is 0.255 e. The summed E-state index contributed by atoms with van der Waals surface area (Å²) in [6, 6.07) is 10.9. The van der Waals surface area contributed by atoms with Crippen LogP contribution in [0.5, 0.6) is 0 Å². The molecule has 3 aromatic rings. The van der Waals surface area contributed by atoms with E-state index >= 15 is 0 Å². The summed E-state index contributed by atoms with van der Waals surface area (Å²) < 4.78 is 1.65. The third-order valence-corrected chi connectivity index (χ3v) is 4.40. The van der Waals surface area contributed by atoms with Crippen LogP contribution in [0.1, 0.15) is 22.2 Å². The molecule has 0 unspecified atom stereocenters. The van der Waals surface area contributed by atoms with Crippen LogP contribution in [0.2, 0.25) is 0 Å². The number of hydrogen-bond donors (Lipinski definition) is 1. The first kappa shape index (κ1) is 14.5. The maximum absolute atomic E-state index is 12.7. The first-order valence-corrected chi connectivity index (χ1v) is 7.76. The van der Waals surface area contributed by atoms with Crippen molar-refractivity contribution in [3.63, 3.8) is 0 Å². The second-order valence-corrected chi connectivity index (χ2v) is 6.15. The molecule has 0 aliphatic rings. The average molecular weight is 312 g/mol. The van der Waals surface area contributed by atoms with E-state index in [0.29, 0.717) is 5.13 Å². The van der Waals surface area contributed by atoms with Crippen LogP contribution in [0.4, 0.5) is 5.13 Å². The summed E-state index contributed by atoms with van der Waals surface area (Å²) in [6.07, 6.45) is 3.45. The number of aryl methyl sites for hydroxylation is 2. The normalized spacial score (nSPS) is 12.1. The summed E-state index contributed by atoms with van der Waals surface area (Å²) in [4.78, 5) is 18.2. The summed E-state index contributed by atoms with van der Waals surface area (Å²) in [5, 5.41) is 7.73. The summed E-state index contributed by atoms with van der Waals surface area (Å²) >= 11 is 1.48. The van der Waals surface area contributed by atoms with Gasteiger partial charge >= 0.3 is 0 Å². The third kappa shape index (κ3) is 2.92. The van der Waals surface area contributed by atoms with Gasteiger partial charge in [0.25, 0.3) is 5.91 Å². The number of benzene rings is 1. The molecule has 1 aromatic carbocycles. The van der Waals surface area contributed by atoms with E-state index < -0.39 is 6.04 Å². The Labute approximate surface area is 132 Å². The van der Waals surface area contributed by atoms with Gasteiger partial charge in [-0.3, -0.25) is 14.8 Å². The second kappa shape index (κ2) is 6.11. The largest absolute Gasteiger partial charge is 0.300 e. The summed E-state index contributed by atoms with van der Waals surface area (Å²) in [5.74, 6) is -0.149. The van der Waals surface area contributed by atoms with Crippen molar-refractivity contribution in [3.8, 4) is 0 Å². The van der Waals surface area contributed by atoms with E-state index in [9.17, 15) is 4.79 Å². The number of anilines is 1. The Morgan fingerprint density at radius 1 is 1.23 bits per heavy atom. The maximum atomic E-state index is 12.7. The highest BCUT2D eigenvalue weighted by molar-refractivity contribution is 7.15. The van der Waals surface area contributed by atoms with Crippen LogP contribution in [-0.2, 0) is 4.79 Å². The van der Waals surface area contributed by atoms with Gasteiger partial charge in [-0.05, 0) is 25.5 Å². The fourth-order valence-electron chi connectivity index (χ4n) is 2.19. The highest BCUT2D eigenvalue weighted by atomic mass is 32.1. The van der Waals surface area contributed by atoms with Gasteiger partial charge in [-0.15, -0.1) is 11.3 Å². The fourth-order valence-corrected chi connectivity index (χ4v) is 3.01. The summed E-state index contributed by atoms with van der Waals surface area (Å²) in [6.45, 7) is 3.93. The molecule has 0 spiro atoms. The molecule has 3 rings (SSSR count). The van der Waals surface area contributed by atoms with Gasteiger partial charge < -0.3 is 0 Å². The molecule has 5 nitrogen and oxygen atoms in total. The summed E-state index contributed by atoms with van der Waals surface area (Å²) in [7, 11) is 0. The zero-order valence-electron chi connectivity index (χ0n) is 12.4. The van der Waals surface area contributed by atoms with Crippen LogP contribution in [0.15, 0.2) is 48.8 Å². The Hall–Kier alpha value is -2.47. The number of amides is 1. The van der Waals surface area contributed by atoms with Gasteiger partial charge in [0.15, 0.2) is 11.2 Å². The molecular weight excluding hydrogens is 296 g/mol. The van der Waals surface area contributed by atoms with Crippen molar-refractivity contribution in [2.45, 2.75) is 19.9 Å².